The molecule has 2 heteroatoms. The predicted octanol–water partition coefficient (Wildman–Crippen LogP) is 16.7. The summed E-state index contributed by atoms with van der Waals surface area (Å²) < 4.78 is 2.42. The predicted molar refractivity (Wildman–Crippen MR) is 264 cm³/mol. The molecule has 0 saturated heterocycles. The standard InChI is InChI=1S/C60H40N2/c1-2-15-44-38-46(29-28-41(44)14-1)45-17-13-18-50(39-45)61(49-36-32-43(33-37-49)57-40-47-16-3-4-19-51(47)53-21-5-6-22-54(53)57)48-34-30-42(31-35-48)52-20-7-10-25-58(52)62-59-26-11-8-23-55(59)56-24-9-12-27-60(56)62/h1-40H. The Morgan fingerprint density at radius 1 is 0.258 bits per heavy atom. The number of anilines is 3. The van der Waals surface area contributed by atoms with E-state index in [0.717, 1.165) is 28.3 Å². The van der Waals surface area contributed by atoms with Crippen molar-refractivity contribution < 1.29 is 0 Å². The molecule has 12 aromatic rings. The molecule has 0 fully saturated rings. The molecule has 0 amide bonds. The fourth-order valence-electron chi connectivity index (χ4n) is 9.61. The van der Waals surface area contributed by atoms with Crippen molar-refractivity contribution in [2.45, 2.75) is 0 Å². The van der Waals surface area contributed by atoms with Gasteiger partial charge < -0.3 is 9.47 Å². The molecule has 0 saturated carbocycles. The van der Waals surface area contributed by atoms with E-state index < -0.39 is 0 Å². The number of hydrogen-bond donors (Lipinski definition) is 0. The number of nitrogens with zero attached hydrogens (tertiary/aromatic N) is 2. The van der Waals surface area contributed by atoms with E-state index in [9.17, 15) is 0 Å². The second-order valence-electron chi connectivity index (χ2n) is 16.1. The fraction of sp³-hybridized carbons (Fsp3) is 0. The summed E-state index contributed by atoms with van der Waals surface area (Å²) in [5.41, 5.74) is 14.0. The van der Waals surface area contributed by atoms with Gasteiger partial charge >= 0.3 is 0 Å². The largest absolute Gasteiger partial charge is 0.310 e. The van der Waals surface area contributed by atoms with E-state index in [1.807, 2.05) is 0 Å². The maximum absolute atomic E-state index is 2.42. The highest BCUT2D eigenvalue weighted by atomic mass is 15.1. The van der Waals surface area contributed by atoms with Crippen LogP contribution in [0.3, 0.4) is 0 Å². The van der Waals surface area contributed by atoms with Crippen LogP contribution >= 0.6 is 0 Å². The first-order valence-electron chi connectivity index (χ1n) is 21.3. The highest BCUT2D eigenvalue weighted by molar-refractivity contribution is 6.14. The summed E-state index contributed by atoms with van der Waals surface area (Å²) in [6, 6.07) is 88.5. The Hall–Kier alpha value is -8.20. The maximum Gasteiger partial charge on any atom is 0.0541 e. The molecule has 11 aromatic carbocycles. The lowest BCUT2D eigenvalue weighted by Crippen LogP contribution is -2.10. The van der Waals surface area contributed by atoms with Crippen molar-refractivity contribution >= 4 is 71.2 Å². The smallest absolute Gasteiger partial charge is 0.0541 e. The first kappa shape index (κ1) is 35.7. The maximum atomic E-state index is 2.42. The van der Waals surface area contributed by atoms with Gasteiger partial charge in [-0.25, -0.2) is 0 Å². The average Bonchev–Trinajstić information content (AvgIpc) is 3.68. The first-order valence-corrected chi connectivity index (χ1v) is 21.3. The molecular formula is C60H40N2. The molecule has 0 N–H and O–H groups in total. The molecule has 0 aliphatic carbocycles. The van der Waals surface area contributed by atoms with Gasteiger partial charge in [-0.05, 0) is 127 Å². The first-order chi connectivity index (χ1) is 30.7. The van der Waals surface area contributed by atoms with Crippen LogP contribution in [0.25, 0.3) is 93.2 Å². The van der Waals surface area contributed by atoms with E-state index in [1.54, 1.807) is 0 Å². The van der Waals surface area contributed by atoms with Gasteiger partial charge in [0.05, 0.1) is 16.7 Å². The van der Waals surface area contributed by atoms with Crippen molar-refractivity contribution in [1.82, 2.24) is 4.57 Å². The number of para-hydroxylation sites is 3. The minimum absolute atomic E-state index is 1.09. The Labute approximate surface area is 360 Å². The number of fused-ring (bicyclic) bond motifs is 7. The summed E-state index contributed by atoms with van der Waals surface area (Å²) in [5, 5.41) is 10.1. The highest BCUT2D eigenvalue weighted by Crippen LogP contribution is 2.42. The van der Waals surface area contributed by atoms with Gasteiger partial charge in [0.1, 0.15) is 0 Å². The lowest BCUT2D eigenvalue weighted by atomic mass is 9.93. The Morgan fingerprint density at radius 3 is 1.48 bits per heavy atom. The quantitative estimate of drug-likeness (QED) is 0.146. The van der Waals surface area contributed by atoms with E-state index in [1.165, 1.54) is 81.9 Å². The molecule has 0 atom stereocenters. The van der Waals surface area contributed by atoms with Crippen LogP contribution in [0.15, 0.2) is 243 Å². The number of hydrogen-bond acceptors (Lipinski definition) is 1. The molecule has 0 spiro atoms. The normalized spacial score (nSPS) is 11.5. The molecule has 0 bridgehead atoms. The molecule has 0 radical (unpaired) electrons. The second-order valence-corrected chi connectivity index (χ2v) is 16.1. The molecule has 2 nitrogen and oxygen atoms in total. The summed E-state index contributed by atoms with van der Waals surface area (Å²) in [6.07, 6.45) is 0. The minimum Gasteiger partial charge on any atom is -0.310 e. The zero-order valence-corrected chi connectivity index (χ0v) is 34.0. The van der Waals surface area contributed by atoms with Gasteiger partial charge in [0.25, 0.3) is 0 Å². The molecule has 1 aromatic heterocycles. The van der Waals surface area contributed by atoms with E-state index in [4.69, 9.17) is 0 Å². The number of rotatable bonds is 7. The molecule has 12 rings (SSSR count). The van der Waals surface area contributed by atoms with E-state index in [2.05, 4.69) is 252 Å². The van der Waals surface area contributed by atoms with Crippen LogP contribution in [-0.4, -0.2) is 4.57 Å². The van der Waals surface area contributed by atoms with Gasteiger partial charge in [-0.3, -0.25) is 0 Å². The number of benzene rings is 11. The van der Waals surface area contributed by atoms with Gasteiger partial charge in [-0.15, -0.1) is 0 Å². The zero-order valence-electron chi connectivity index (χ0n) is 34.0. The molecule has 0 aliphatic rings. The SMILES string of the molecule is c1cc(-c2ccc3ccccc3c2)cc(N(c2ccc(-c3ccccc3-n3c4ccccc4c4ccccc43)cc2)c2ccc(-c3cc4ccccc4c4ccccc34)cc2)c1. The van der Waals surface area contributed by atoms with E-state index in [0.29, 0.717) is 0 Å². The Morgan fingerprint density at radius 2 is 0.774 bits per heavy atom. The van der Waals surface area contributed by atoms with Gasteiger partial charge in [0.15, 0.2) is 0 Å². The van der Waals surface area contributed by atoms with Crippen LogP contribution in [0.4, 0.5) is 17.1 Å². The van der Waals surface area contributed by atoms with E-state index in [-0.39, 0.29) is 0 Å². The summed E-state index contributed by atoms with van der Waals surface area (Å²) >= 11 is 0. The third-order valence-electron chi connectivity index (χ3n) is 12.6. The summed E-state index contributed by atoms with van der Waals surface area (Å²) in [7, 11) is 0. The lowest BCUT2D eigenvalue weighted by molar-refractivity contribution is 1.18. The monoisotopic (exact) mass is 788 g/mol. The Kier molecular flexibility index (Phi) is 8.53. The van der Waals surface area contributed by atoms with Crippen LogP contribution in [0.1, 0.15) is 0 Å². The third kappa shape index (κ3) is 6.04. The summed E-state index contributed by atoms with van der Waals surface area (Å²) in [4.78, 5) is 2.38. The lowest BCUT2D eigenvalue weighted by Gasteiger charge is -2.27. The van der Waals surface area contributed by atoms with Crippen molar-refractivity contribution in [2.75, 3.05) is 4.90 Å². The molecule has 0 unspecified atom stereocenters. The van der Waals surface area contributed by atoms with E-state index >= 15 is 0 Å². The van der Waals surface area contributed by atoms with Crippen molar-refractivity contribution in [3.63, 3.8) is 0 Å². The fourth-order valence-corrected chi connectivity index (χ4v) is 9.61. The summed E-state index contributed by atoms with van der Waals surface area (Å²) in [5.74, 6) is 0. The average molecular weight is 789 g/mol. The Bertz CT molecular complexity index is 3580. The van der Waals surface area contributed by atoms with Crippen LogP contribution in [-0.2, 0) is 0 Å². The van der Waals surface area contributed by atoms with Crippen LogP contribution in [0.5, 0.6) is 0 Å². The molecule has 1 heterocycles. The molecular weight excluding hydrogens is 749 g/mol. The molecule has 62 heavy (non-hydrogen) atoms. The minimum atomic E-state index is 1.09. The van der Waals surface area contributed by atoms with Crippen molar-refractivity contribution in [3.8, 4) is 39.1 Å². The van der Waals surface area contributed by atoms with Crippen LogP contribution in [0, 0.1) is 0 Å². The zero-order chi connectivity index (χ0) is 41.0. The Balaban J connectivity index is 0.981. The van der Waals surface area contributed by atoms with Crippen molar-refractivity contribution in [3.05, 3.63) is 243 Å². The van der Waals surface area contributed by atoms with Gasteiger partial charge in [0.2, 0.25) is 0 Å². The molecule has 290 valence electrons. The topological polar surface area (TPSA) is 8.17 Å². The second kappa shape index (κ2) is 14.8. The van der Waals surface area contributed by atoms with Crippen molar-refractivity contribution in [2.24, 2.45) is 0 Å². The van der Waals surface area contributed by atoms with Gasteiger partial charge in [0, 0.05) is 33.4 Å². The highest BCUT2D eigenvalue weighted by Gasteiger charge is 2.18. The third-order valence-corrected chi connectivity index (χ3v) is 12.6. The van der Waals surface area contributed by atoms with Gasteiger partial charge in [-0.1, -0.05) is 176 Å². The summed E-state index contributed by atoms with van der Waals surface area (Å²) in [6.45, 7) is 0. The molecule has 0 aliphatic heterocycles. The van der Waals surface area contributed by atoms with Crippen molar-refractivity contribution in [1.29, 1.82) is 0 Å². The number of aromatic nitrogens is 1. The van der Waals surface area contributed by atoms with Crippen LogP contribution < -0.4 is 4.90 Å². The van der Waals surface area contributed by atoms with Crippen LogP contribution in [0.2, 0.25) is 0 Å². The van der Waals surface area contributed by atoms with Gasteiger partial charge in [-0.2, -0.15) is 0 Å².